The molecular formula is C55H40N2. The Morgan fingerprint density at radius 3 is 1.42 bits per heavy atom. The first-order chi connectivity index (χ1) is 28.3. The van der Waals surface area contributed by atoms with Gasteiger partial charge in [-0.25, -0.2) is 0 Å². The van der Waals surface area contributed by atoms with Gasteiger partial charge in [0.15, 0.2) is 0 Å². The Morgan fingerprint density at radius 1 is 0.298 bits per heavy atom. The van der Waals surface area contributed by atoms with E-state index in [-0.39, 0.29) is 0 Å². The summed E-state index contributed by atoms with van der Waals surface area (Å²) in [5.41, 5.74) is 15.9. The Labute approximate surface area is 335 Å². The number of anilines is 6. The van der Waals surface area contributed by atoms with Crippen LogP contribution < -0.4 is 9.80 Å². The molecule has 0 aromatic heterocycles. The van der Waals surface area contributed by atoms with Crippen LogP contribution in [-0.4, -0.2) is 0 Å². The molecule has 2 nitrogen and oxygen atoms in total. The lowest BCUT2D eigenvalue weighted by molar-refractivity contribution is 0.731. The summed E-state index contributed by atoms with van der Waals surface area (Å²) < 4.78 is 0. The monoisotopic (exact) mass is 728 g/mol. The van der Waals surface area contributed by atoms with Crippen LogP contribution in [0.4, 0.5) is 34.1 Å². The molecule has 2 heteroatoms. The Morgan fingerprint density at radius 2 is 0.754 bits per heavy atom. The zero-order chi connectivity index (χ0) is 38.0. The molecule has 0 amide bonds. The van der Waals surface area contributed by atoms with Gasteiger partial charge in [0.2, 0.25) is 0 Å². The number of rotatable bonds is 8. The molecule has 1 aliphatic heterocycles. The molecule has 0 bridgehead atoms. The molecule has 9 aromatic rings. The van der Waals surface area contributed by atoms with Gasteiger partial charge in [-0.1, -0.05) is 182 Å². The highest BCUT2D eigenvalue weighted by atomic mass is 15.2. The van der Waals surface area contributed by atoms with Crippen LogP contribution in [0.2, 0.25) is 0 Å². The number of para-hydroxylation sites is 3. The highest BCUT2D eigenvalue weighted by Gasteiger charge is 2.46. The molecule has 9 aromatic carbocycles. The molecule has 0 aliphatic carbocycles. The molecule has 0 N–H and O–H groups in total. The first-order valence-electron chi connectivity index (χ1n) is 19.6. The van der Waals surface area contributed by atoms with Crippen LogP contribution in [0.3, 0.4) is 0 Å². The maximum atomic E-state index is 2.45. The number of benzene rings is 9. The van der Waals surface area contributed by atoms with E-state index in [4.69, 9.17) is 0 Å². The number of hydrogen-bond acceptors (Lipinski definition) is 2. The third-order valence-corrected chi connectivity index (χ3v) is 11.3. The smallest absolute Gasteiger partial charge is 0.0742 e. The first kappa shape index (κ1) is 34.1. The molecule has 0 unspecified atom stereocenters. The van der Waals surface area contributed by atoms with E-state index < -0.39 is 5.41 Å². The molecule has 0 saturated carbocycles. The van der Waals surface area contributed by atoms with E-state index in [0.717, 1.165) is 39.6 Å². The molecule has 270 valence electrons. The standard InChI is InChI=1S/C55H40N2/c1-6-19-41(20-7-1)43-21-18-30-50(39-43)56(47-26-12-4-13-27-47)49-36-33-42(34-37-49)44-35-38-52-54(40-44)57(48-28-14-5-15-29-48)53-32-17-16-31-51(53)55(52,45-22-8-2-9-23-45)46-24-10-3-11-25-46/h1-40H. The van der Waals surface area contributed by atoms with Crippen molar-refractivity contribution in [3.05, 3.63) is 265 Å². The number of hydrogen-bond donors (Lipinski definition) is 0. The Bertz CT molecular complexity index is 2720. The zero-order valence-electron chi connectivity index (χ0n) is 31.5. The minimum absolute atomic E-state index is 0.535. The minimum Gasteiger partial charge on any atom is -0.310 e. The van der Waals surface area contributed by atoms with Crippen molar-refractivity contribution in [2.24, 2.45) is 0 Å². The largest absolute Gasteiger partial charge is 0.310 e. The SMILES string of the molecule is c1ccc(-c2cccc(N(c3ccccc3)c3ccc(-c4ccc5c(c4)N(c4ccccc4)c4ccccc4C5(c4ccccc4)c4ccccc4)cc3)c2)cc1. The Kier molecular flexibility index (Phi) is 8.78. The molecular weight excluding hydrogens is 689 g/mol. The zero-order valence-corrected chi connectivity index (χ0v) is 31.5. The summed E-state index contributed by atoms with van der Waals surface area (Å²) in [5.74, 6) is 0. The van der Waals surface area contributed by atoms with Crippen LogP contribution in [0, 0.1) is 0 Å². The van der Waals surface area contributed by atoms with Gasteiger partial charge in [-0.05, 0) is 105 Å². The number of nitrogens with zero attached hydrogens (tertiary/aromatic N) is 2. The molecule has 57 heavy (non-hydrogen) atoms. The summed E-state index contributed by atoms with van der Waals surface area (Å²) in [4.78, 5) is 4.79. The topological polar surface area (TPSA) is 6.48 Å². The summed E-state index contributed by atoms with van der Waals surface area (Å²) in [7, 11) is 0. The van der Waals surface area contributed by atoms with Gasteiger partial charge in [0.05, 0.1) is 16.8 Å². The highest BCUT2D eigenvalue weighted by Crippen LogP contribution is 2.58. The molecule has 1 aliphatic rings. The van der Waals surface area contributed by atoms with E-state index >= 15 is 0 Å². The van der Waals surface area contributed by atoms with Crippen LogP contribution in [0.15, 0.2) is 243 Å². The van der Waals surface area contributed by atoms with Crippen molar-refractivity contribution in [2.45, 2.75) is 5.41 Å². The van der Waals surface area contributed by atoms with Crippen LogP contribution in [0.1, 0.15) is 22.3 Å². The molecule has 0 saturated heterocycles. The average molecular weight is 729 g/mol. The summed E-state index contributed by atoms with van der Waals surface area (Å²) >= 11 is 0. The normalized spacial score (nSPS) is 12.7. The third-order valence-electron chi connectivity index (χ3n) is 11.3. The van der Waals surface area contributed by atoms with Gasteiger partial charge < -0.3 is 9.80 Å². The fourth-order valence-corrected chi connectivity index (χ4v) is 8.78. The van der Waals surface area contributed by atoms with E-state index in [1.165, 1.54) is 39.1 Å². The van der Waals surface area contributed by atoms with Gasteiger partial charge in [0.1, 0.15) is 0 Å². The predicted molar refractivity (Wildman–Crippen MR) is 239 cm³/mol. The predicted octanol–water partition coefficient (Wildman–Crippen LogP) is 14.7. The summed E-state index contributed by atoms with van der Waals surface area (Å²) in [6.45, 7) is 0. The molecule has 0 fully saturated rings. The number of fused-ring (bicyclic) bond motifs is 2. The second-order valence-electron chi connectivity index (χ2n) is 14.5. The quantitative estimate of drug-likeness (QED) is 0.154. The summed E-state index contributed by atoms with van der Waals surface area (Å²) in [6, 6.07) is 87.9. The van der Waals surface area contributed by atoms with E-state index in [0.29, 0.717) is 0 Å². The lowest BCUT2D eigenvalue weighted by Gasteiger charge is -2.46. The molecule has 0 spiro atoms. The Balaban J connectivity index is 1.13. The van der Waals surface area contributed by atoms with Crippen LogP contribution in [-0.2, 0) is 5.41 Å². The van der Waals surface area contributed by atoms with Gasteiger partial charge in [0.25, 0.3) is 0 Å². The maximum absolute atomic E-state index is 2.45. The highest BCUT2D eigenvalue weighted by molar-refractivity contribution is 5.91. The van der Waals surface area contributed by atoms with E-state index in [1.807, 2.05) is 0 Å². The van der Waals surface area contributed by atoms with Gasteiger partial charge in [-0.15, -0.1) is 0 Å². The van der Waals surface area contributed by atoms with E-state index in [2.05, 4.69) is 252 Å². The van der Waals surface area contributed by atoms with Gasteiger partial charge >= 0.3 is 0 Å². The van der Waals surface area contributed by atoms with Crippen molar-refractivity contribution in [1.29, 1.82) is 0 Å². The molecule has 10 rings (SSSR count). The molecule has 0 radical (unpaired) electrons. The lowest BCUT2D eigenvalue weighted by atomic mass is 9.62. The van der Waals surface area contributed by atoms with Crippen molar-refractivity contribution in [2.75, 3.05) is 9.80 Å². The van der Waals surface area contributed by atoms with E-state index in [9.17, 15) is 0 Å². The van der Waals surface area contributed by atoms with Crippen LogP contribution in [0.25, 0.3) is 22.3 Å². The van der Waals surface area contributed by atoms with Crippen LogP contribution in [0.5, 0.6) is 0 Å². The second kappa shape index (κ2) is 14.7. The fraction of sp³-hybridized carbons (Fsp3) is 0.0182. The van der Waals surface area contributed by atoms with Crippen molar-refractivity contribution in [3.63, 3.8) is 0 Å². The first-order valence-corrected chi connectivity index (χ1v) is 19.6. The van der Waals surface area contributed by atoms with Gasteiger partial charge in [-0.2, -0.15) is 0 Å². The molecule has 0 atom stereocenters. The van der Waals surface area contributed by atoms with Crippen molar-refractivity contribution < 1.29 is 0 Å². The summed E-state index contributed by atoms with van der Waals surface area (Å²) in [5, 5.41) is 0. The fourth-order valence-electron chi connectivity index (χ4n) is 8.78. The van der Waals surface area contributed by atoms with Gasteiger partial charge in [-0.3, -0.25) is 0 Å². The average Bonchev–Trinajstić information content (AvgIpc) is 3.30. The van der Waals surface area contributed by atoms with Crippen LogP contribution >= 0.6 is 0 Å². The van der Waals surface area contributed by atoms with Crippen molar-refractivity contribution in [3.8, 4) is 22.3 Å². The summed E-state index contributed by atoms with van der Waals surface area (Å²) in [6.07, 6.45) is 0. The third kappa shape index (κ3) is 6.00. The van der Waals surface area contributed by atoms with E-state index in [1.54, 1.807) is 0 Å². The maximum Gasteiger partial charge on any atom is 0.0742 e. The minimum atomic E-state index is -0.535. The lowest BCUT2D eigenvalue weighted by Crippen LogP contribution is -2.37. The van der Waals surface area contributed by atoms with Gasteiger partial charge in [0, 0.05) is 22.7 Å². The molecule has 1 heterocycles. The van der Waals surface area contributed by atoms with Crippen molar-refractivity contribution in [1.82, 2.24) is 0 Å². The van der Waals surface area contributed by atoms with Crippen molar-refractivity contribution >= 4 is 34.1 Å². The Hall–Kier alpha value is -7.42. The second-order valence-corrected chi connectivity index (χ2v) is 14.5.